The van der Waals surface area contributed by atoms with Crippen LogP contribution in [0.2, 0.25) is 0 Å². The molecule has 2 heterocycles. The van der Waals surface area contributed by atoms with E-state index in [1.165, 1.54) is 4.57 Å². The number of hydrogen-bond acceptors (Lipinski definition) is 5. The summed E-state index contributed by atoms with van der Waals surface area (Å²) >= 11 is 0. The van der Waals surface area contributed by atoms with Gasteiger partial charge in [0.15, 0.2) is 11.2 Å². The van der Waals surface area contributed by atoms with Crippen molar-refractivity contribution >= 4 is 17.1 Å². The van der Waals surface area contributed by atoms with E-state index in [9.17, 15) is 14.4 Å². The molecule has 2 aromatic rings. The normalized spacial score (nSPS) is 19.0. The minimum absolute atomic E-state index is 0.0120. The average Bonchev–Trinajstić information content (AvgIpc) is 3.22. The zero-order valence-corrected chi connectivity index (χ0v) is 15.6. The number of carbonyl (C=O) groups is 1. The smallest absolute Gasteiger partial charge is 0.330 e. The highest BCUT2D eigenvalue weighted by atomic mass is 16.5. The first-order chi connectivity index (χ1) is 12.5. The van der Waals surface area contributed by atoms with Gasteiger partial charge in [0, 0.05) is 13.1 Å². The number of imidazole rings is 1. The Morgan fingerprint density at radius 3 is 2.58 bits per heavy atom. The van der Waals surface area contributed by atoms with E-state index in [2.05, 4.69) is 9.97 Å². The molecule has 1 aliphatic carbocycles. The minimum Gasteiger partial charge on any atom is -0.457 e. The Hall–Kier alpha value is -2.38. The second-order valence-corrected chi connectivity index (χ2v) is 7.04. The van der Waals surface area contributed by atoms with E-state index in [1.54, 1.807) is 4.57 Å². The molecule has 3 rings (SSSR count). The maximum absolute atomic E-state index is 12.4. The second-order valence-electron chi connectivity index (χ2n) is 7.04. The number of fused-ring (bicyclic) bond motifs is 1. The van der Waals surface area contributed by atoms with Gasteiger partial charge < -0.3 is 9.30 Å². The maximum Gasteiger partial charge on any atom is 0.330 e. The first-order valence-electron chi connectivity index (χ1n) is 9.36. The minimum atomic E-state index is -0.452. The molecular weight excluding hydrogens is 336 g/mol. The van der Waals surface area contributed by atoms with Gasteiger partial charge in [-0.05, 0) is 25.2 Å². The van der Waals surface area contributed by atoms with Crippen molar-refractivity contribution in [3.05, 3.63) is 26.7 Å². The summed E-state index contributed by atoms with van der Waals surface area (Å²) in [5, 5.41) is 0. The Bertz CT molecular complexity index is 924. The molecule has 0 saturated heterocycles. The first kappa shape index (κ1) is 18.4. The molecule has 142 valence electrons. The van der Waals surface area contributed by atoms with E-state index in [1.807, 2.05) is 20.8 Å². The van der Waals surface area contributed by atoms with Crippen LogP contribution in [0.4, 0.5) is 0 Å². The standard InChI is InChI=1S/C18H26N4O4/c1-4-6-8-22-15-14(16(23)20-18(22)25)21(7-5-2)13(19-15)10-26-17(24)12-9-11(12)3/h11-12H,4-10H2,1-3H3,(H,20,23,25)/t11-,12-/m1/s1. The largest absolute Gasteiger partial charge is 0.457 e. The molecule has 0 amide bonds. The molecule has 1 aliphatic rings. The van der Waals surface area contributed by atoms with Crippen LogP contribution in [-0.2, 0) is 29.2 Å². The van der Waals surface area contributed by atoms with E-state index in [0.29, 0.717) is 36.0 Å². The maximum atomic E-state index is 12.4. The van der Waals surface area contributed by atoms with Crippen LogP contribution in [0.25, 0.3) is 11.2 Å². The fraction of sp³-hybridized carbons (Fsp3) is 0.667. The molecule has 0 aromatic carbocycles. The van der Waals surface area contributed by atoms with Gasteiger partial charge in [0.25, 0.3) is 5.56 Å². The molecule has 0 aliphatic heterocycles. The number of aromatic amines is 1. The number of hydrogen-bond donors (Lipinski definition) is 1. The quantitative estimate of drug-likeness (QED) is 0.722. The van der Waals surface area contributed by atoms with Crippen molar-refractivity contribution in [2.45, 2.75) is 66.2 Å². The summed E-state index contributed by atoms with van der Waals surface area (Å²) in [6.07, 6.45) is 3.39. The predicted molar refractivity (Wildman–Crippen MR) is 96.9 cm³/mol. The molecule has 0 radical (unpaired) electrons. The van der Waals surface area contributed by atoms with Crippen LogP contribution >= 0.6 is 0 Å². The van der Waals surface area contributed by atoms with Crippen molar-refractivity contribution < 1.29 is 9.53 Å². The average molecular weight is 362 g/mol. The van der Waals surface area contributed by atoms with Gasteiger partial charge in [-0.3, -0.25) is 19.1 Å². The van der Waals surface area contributed by atoms with Crippen molar-refractivity contribution in [2.24, 2.45) is 11.8 Å². The van der Waals surface area contributed by atoms with Gasteiger partial charge in [0.05, 0.1) is 5.92 Å². The van der Waals surface area contributed by atoms with Gasteiger partial charge >= 0.3 is 11.7 Å². The first-order valence-corrected chi connectivity index (χ1v) is 9.36. The predicted octanol–water partition coefficient (Wildman–Crippen LogP) is 1.80. The van der Waals surface area contributed by atoms with Gasteiger partial charge in [0.2, 0.25) is 0 Å². The molecule has 26 heavy (non-hydrogen) atoms. The molecule has 8 heteroatoms. The van der Waals surface area contributed by atoms with Crippen LogP contribution in [0.3, 0.4) is 0 Å². The fourth-order valence-electron chi connectivity index (χ4n) is 3.21. The summed E-state index contributed by atoms with van der Waals surface area (Å²) in [5.41, 5.74) is -0.167. The number of carbonyl (C=O) groups excluding carboxylic acids is 1. The second kappa shape index (κ2) is 7.47. The molecule has 0 bridgehead atoms. The lowest BCUT2D eigenvalue weighted by Gasteiger charge is -2.08. The number of H-pyrrole nitrogens is 1. The molecule has 1 fully saturated rings. The van der Waals surface area contributed by atoms with Gasteiger partial charge in [-0.2, -0.15) is 0 Å². The lowest BCUT2D eigenvalue weighted by Crippen LogP contribution is -2.31. The molecule has 8 nitrogen and oxygen atoms in total. The number of nitrogens with zero attached hydrogens (tertiary/aromatic N) is 3. The third-order valence-corrected chi connectivity index (χ3v) is 4.90. The number of unbranched alkanes of at least 4 members (excludes halogenated alkanes) is 1. The lowest BCUT2D eigenvalue weighted by atomic mass is 10.3. The third kappa shape index (κ3) is 3.45. The van der Waals surface area contributed by atoms with Crippen LogP contribution in [0.15, 0.2) is 9.59 Å². The summed E-state index contributed by atoms with van der Waals surface area (Å²) in [6.45, 7) is 7.12. The van der Waals surface area contributed by atoms with Crippen molar-refractivity contribution in [2.75, 3.05) is 0 Å². The monoisotopic (exact) mass is 362 g/mol. The summed E-state index contributed by atoms with van der Waals surface area (Å²) in [5.74, 6) is 0.638. The zero-order chi connectivity index (χ0) is 18.8. The molecule has 0 unspecified atom stereocenters. The van der Waals surface area contributed by atoms with Crippen molar-refractivity contribution in [1.29, 1.82) is 0 Å². The molecule has 0 spiro atoms. The van der Waals surface area contributed by atoms with E-state index in [0.717, 1.165) is 25.7 Å². The highest BCUT2D eigenvalue weighted by Crippen LogP contribution is 2.38. The number of ether oxygens (including phenoxy) is 1. The van der Waals surface area contributed by atoms with Crippen molar-refractivity contribution in [3.63, 3.8) is 0 Å². The van der Waals surface area contributed by atoms with Crippen molar-refractivity contribution in [1.82, 2.24) is 19.1 Å². The van der Waals surface area contributed by atoms with E-state index in [-0.39, 0.29) is 18.5 Å². The number of aromatic nitrogens is 4. The Balaban J connectivity index is 2.00. The number of esters is 1. The molecule has 2 aromatic heterocycles. The van der Waals surface area contributed by atoms with Gasteiger partial charge in [0.1, 0.15) is 12.4 Å². The number of nitrogens with one attached hydrogen (secondary N) is 1. The Labute approximate surface area is 151 Å². The van der Waals surface area contributed by atoms with Crippen LogP contribution in [0, 0.1) is 11.8 Å². The highest BCUT2D eigenvalue weighted by molar-refractivity contribution is 5.75. The Kier molecular flexibility index (Phi) is 5.29. The van der Waals surface area contributed by atoms with Gasteiger partial charge in [-0.15, -0.1) is 0 Å². The number of rotatable bonds is 8. The summed E-state index contributed by atoms with van der Waals surface area (Å²) < 4.78 is 8.67. The van der Waals surface area contributed by atoms with Gasteiger partial charge in [-0.25, -0.2) is 9.78 Å². The van der Waals surface area contributed by atoms with Crippen LogP contribution in [0.1, 0.15) is 52.3 Å². The lowest BCUT2D eigenvalue weighted by molar-refractivity contribution is -0.147. The topological polar surface area (TPSA) is 99.0 Å². The van der Waals surface area contributed by atoms with E-state index >= 15 is 0 Å². The molecule has 1 saturated carbocycles. The number of aryl methyl sites for hydroxylation is 2. The van der Waals surface area contributed by atoms with E-state index < -0.39 is 11.2 Å². The van der Waals surface area contributed by atoms with Crippen molar-refractivity contribution in [3.8, 4) is 0 Å². The van der Waals surface area contributed by atoms with Crippen LogP contribution in [-0.4, -0.2) is 25.1 Å². The third-order valence-electron chi connectivity index (χ3n) is 4.90. The molecule has 1 N–H and O–H groups in total. The summed E-state index contributed by atoms with van der Waals surface area (Å²) in [7, 11) is 0. The Morgan fingerprint density at radius 2 is 1.96 bits per heavy atom. The Morgan fingerprint density at radius 1 is 1.23 bits per heavy atom. The van der Waals surface area contributed by atoms with Crippen LogP contribution in [0.5, 0.6) is 0 Å². The highest BCUT2D eigenvalue weighted by Gasteiger charge is 2.40. The zero-order valence-electron chi connectivity index (χ0n) is 15.6. The van der Waals surface area contributed by atoms with Gasteiger partial charge in [-0.1, -0.05) is 27.2 Å². The fourth-order valence-corrected chi connectivity index (χ4v) is 3.21. The van der Waals surface area contributed by atoms with Crippen LogP contribution < -0.4 is 11.2 Å². The summed E-state index contributed by atoms with van der Waals surface area (Å²) in [4.78, 5) is 43.5. The van der Waals surface area contributed by atoms with E-state index in [4.69, 9.17) is 4.74 Å². The molecular formula is C18H26N4O4. The molecule has 2 atom stereocenters. The SMILES string of the molecule is CCCCn1c(=O)[nH]c(=O)c2c1nc(COC(=O)[C@@H]1C[C@H]1C)n2CCC. The summed E-state index contributed by atoms with van der Waals surface area (Å²) in [6, 6.07) is 0.